The maximum Gasteiger partial charge on any atom is 0.125 e. The molecule has 0 radical (unpaired) electrons. The van der Waals surface area contributed by atoms with Crippen LogP contribution < -0.4 is 5.32 Å². The first-order valence-electron chi connectivity index (χ1n) is 5.47. The van der Waals surface area contributed by atoms with Gasteiger partial charge in [0.1, 0.15) is 5.82 Å². The molecule has 0 aromatic carbocycles. The summed E-state index contributed by atoms with van der Waals surface area (Å²) in [6.45, 7) is 4.38. The maximum atomic E-state index is 9.21. The maximum absolute atomic E-state index is 9.21. The number of rotatable bonds is 6. The van der Waals surface area contributed by atoms with Gasteiger partial charge in [0, 0.05) is 30.7 Å². The van der Waals surface area contributed by atoms with Gasteiger partial charge in [0.25, 0.3) is 0 Å². The number of aromatic nitrogens is 2. The summed E-state index contributed by atoms with van der Waals surface area (Å²) < 4.78 is 2.01. The molecule has 0 fully saturated rings. The van der Waals surface area contributed by atoms with Gasteiger partial charge in [0.15, 0.2) is 0 Å². The third kappa shape index (κ3) is 3.23. The molecule has 0 spiro atoms. The number of aryl methyl sites for hydroxylation is 1. The number of aliphatic hydroxyl groups excluding tert-OH is 1. The quantitative estimate of drug-likeness (QED) is 0.788. The fourth-order valence-electron chi connectivity index (χ4n) is 1.81. The molecule has 3 atom stereocenters. The summed E-state index contributed by atoms with van der Waals surface area (Å²) in [5, 5.41) is 12.9. The highest BCUT2D eigenvalue weighted by atomic mass is 32.2. The van der Waals surface area contributed by atoms with Crippen LogP contribution in [0.25, 0.3) is 0 Å². The SMILES string of the molecule is CSC(CO)C(C)NC(C)c1nccn1C. The molecule has 0 aliphatic rings. The Morgan fingerprint density at radius 3 is 2.69 bits per heavy atom. The Balaban J connectivity index is 2.57. The minimum Gasteiger partial charge on any atom is -0.395 e. The number of nitrogens with zero attached hydrogens (tertiary/aromatic N) is 2. The molecule has 4 nitrogen and oxygen atoms in total. The molecule has 1 aromatic heterocycles. The predicted molar refractivity (Wildman–Crippen MR) is 68.6 cm³/mol. The van der Waals surface area contributed by atoms with Crippen LogP contribution in [0.5, 0.6) is 0 Å². The molecular weight excluding hydrogens is 222 g/mol. The highest BCUT2D eigenvalue weighted by Gasteiger charge is 2.19. The molecule has 1 heterocycles. The highest BCUT2D eigenvalue weighted by Crippen LogP contribution is 2.15. The Kier molecular flexibility index (Phi) is 5.31. The van der Waals surface area contributed by atoms with Crippen molar-refractivity contribution >= 4 is 11.8 Å². The second kappa shape index (κ2) is 6.27. The zero-order chi connectivity index (χ0) is 12.1. The molecule has 1 aromatic rings. The molecule has 0 amide bonds. The molecular formula is C11H21N3OS. The molecule has 16 heavy (non-hydrogen) atoms. The van der Waals surface area contributed by atoms with Crippen LogP contribution in [0, 0.1) is 0 Å². The molecule has 1 rings (SSSR count). The second-order valence-electron chi connectivity index (χ2n) is 4.03. The molecule has 0 saturated carbocycles. The van der Waals surface area contributed by atoms with E-state index < -0.39 is 0 Å². The molecule has 2 N–H and O–H groups in total. The lowest BCUT2D eigenvalue weighted by Gasteiger charge is -2.25. The summed E-state index contributed by atoms with van der Waals surface area (Å²) in [4.78, 5) is 4.31. The highest BCUT2D eigenvalue weighted by molar-refractivity contribution is 7.99. The molecule has 0 saturated heterocycles. The van der Waals surface area contributed by atoms with Crippen LogP contribution in [-0.2, 0) is 7.05 Å². The van der Waals surface area contributed by atoms with E-state index in [-0.39, 0.29) is 23.9 Å². The van der Waals surface area contributed by atoms with Crippen molar-refractivity contribution in [3.63, 3.8) is 0 Å². The zero-order valence-electron chi connectivity index (χ0n) is 10.3. The van der Waals surface area contributed by atoms with Crippen LogP contribution in [0.3, 0.4) is 0 Å². The van der Waals surface area contributed by atoms with Gasteiger partial charge in [-0.2, -0.15) is 11.8 Å². The Bertz CT molecular complexity index is 312. The zero-order valence-corrected chi connectivity index (χ0v) is 11.2. The number of imidazole rings is 1. The largest absolute Gasteiger partial charge is 0.395 e. The molecule has 3 unspecified atom stereocenters. The van der Waals surface area contributed by atoms with E-state index in [1.807, 2.05) is 24.1 Å². The summed E-state index contributed by atoms with van der Waals surface area (Å²) in [7, 11) is 1.99. The van der Waals surface area contributed by atoms with Crippen molar-refractivity contribution in [3.8, 4) is 0 Å². The minimum atomic E-state index is 0.191. The number of hydrogen-bond donors (Lipinski definition) is 2. The molecule has 0 bridgehead atoms. The first kappa shape index (κ1) is 13.5. The average Bonchev–Trinajstić information content (AvgIpc) is 2.66. The Labute approximate surface area is 101 Å². The van der Waals surface area contributed by atoms with Gasteiger partial charge in [0.2, 0.25) is 0 Å². The van der Waals surface area contributed by atoms with Crippen molar-refractivity contribution in [3.05, 3.63) is 18.2 Å². The first-order valence-corrected chi connectivity index (χ1v) is 6.75. The third-order valence-electron chi connectivity index (χ3n) is 2.80. The molecule has 0 aliphatic heterocycles. The summed E-state index contributed by atoms with van der Waals surface area (Å²) in [6, 6.07) is 0.447. The van der Waals surface area contributed by atoms with Gasteiger partial charge in [-0.1, -0.05) is 0 Å². The van der Waals surface area contributed by atoms with Gasteiger partial charge in [0.05, 0.1) is 12.6 Å². The average molecular weight is 243 g/mol. The Morgan fingerprint density at radius 1 is 1.56 bits per heavy atom. The van der Waals surface area contributed by atoms with Gasteiger partial charge in [-0.3, -0.25) is 0 Å². The fourth-order valence-corrected chi connectivity index (χ4v) is 2.44. The van der Waals surface area contributed by atoms with E-state index in [0.717, 1.165) is 5.82 Å². The lowest BCUT2D eigenvalue weighted by atomic mass is 10.2. The predicted octanol–water partition coefficient (Wildman–Crippen LogP) is 1.18. The van der Waals surface area contributed by atoms with E-state index in [1.165, 1.54) is 0 Å². The lowest BCUT2D eigenvalue weighted by molar-refractivity contribution is 0.270. The van der Waals surface area contributed by atoms with Gasteiger partial charge in [-0.15, -0.1) is 0 Å². The smallest absolute Gasteiger partial charge is 0.125 e. The van der Waals surface area contributed by atoms with Crippen LogP contribution in [0.15, 0.2) is 12.4 Å². The van der Waals surface area contributed by atoms with Crippen LogP contribution in [-0.4, -0.2) is 38.8 Å². The van der Waals surface area contributed by atoms with Crippen molar-refractivity contribution in [1.29, 1.82) is 0 Å². The van der Waals surface area contributed by atoms with Gasteiger partial charge in [-0.25, -0.2) is 4.98 Å². The van der Waals surface area contributed by atoms with E-state index in [0.29, 0.717) is 0 Å². The summed E-state index contributed by atoms with van der Waals surface area (Å²) in [5.74, 6) is 1.02. The lowest BCUT2D eigenvalue weighted by Crippen LogP contribution is -2.39. The fraction of sp³-hybridized carbons (Fsp3) is 0.727. The summed E-state index contributed by atoms with van der Waals surface area (Å²) in [6.07, 6.45) is 5.76. The Morgan fingerprint density at radius 2 is 2.25 bits per heavy atom. The van der Waals surface area contributed by atoms with Crippen molar-refractivity contribution in [1.82, 2.24) is 14.9 Å². The number of thioether (sulfide) groups is 1. The van der Waals surface area contributed by atoms with E-state index in [4.69, 9.17) is 0 Å². The van der Waals surface area contributed by atoms with Crippen molar-refractivity contribution in [2.45, 2.75) is 31.2 Å². The molecule has 5 heteroatoms. The third-order valence-corrected chi connectivity index (χ3v) is 3.96. The van der Waals surface area contributed by atoms with Crippen LogP contribution >= 0.6 is 11.8 Å². The summed E-state index contributed by atoms with van der Waals surface area (Å²) >= 11 is 1.68. The monoisotopic (exact) mass is 243 g/mol. The minimum absolute atomic E-state index is 0.191. The summed E-state index contributed by atoms with van der Waals surface area (Å²) in [5.41, 5.74) is 0. The number of aliphatic hydroxyl groups is 1. The van der Waals surface area contributed by atoms with E-state index >= 15 is 0 Å². The molecule has 0 aliphatic carbocycles. The van der Waals surface area contributed by atoms with Crippen molar-refractivity contribution in [2.24, 2.45) is 7.05 Å². The van der Waals surface area contributed by atoms with Crippen LogP contribution in [0.4, 0.5) is 0 Å². The first-order chi connectivity index (χ1) is 7.60. The van der Waals surface area contributed by atoms with Crippen LogP contribution in [0.2, 0.25) is 0 Å². The second-order valence-corrected chi connectivity index (χ2v) is 5.11. The van der Waals surface area contributed by atoms with E-state index in [9.17, 15) is 5.11 Å². The van der Waals surface area contributed by atoms with Gasteiger partial charge in [-0.05, 0) is 20.1 Å². The molecule has 92 valence electrons. The van der Waals surface area contributed by atoms with Gasteiger partial charge < -0.3 is 15.0 Å². The standard InChI is InChI=1S/C11H21N3OS/c1-8(10(7-15)16-4)13-9(2)11-12-5-6-14(11)3/h5-6,8-10,13,15H,7H2,1-4H3. The topological polar surface area (TPSA) is 50.1 Å². The van der Waals surface area contributed by atoms with Gasteiger partial charge >= 0.3 is 0 Å². The Hall–Kier alpha value is -0.520. The number of nitrogens with one attached hydrogen (secondary N) is 1. The number of hydrogen-bond acceptors (Lipinski definition) is 4. The van der Waals surface area contributed by atoms with Crippen molar-refractivity contribution in [2.75, 3.05) is 12.9 Å². The van der Waals surface area contributed by atoms with Crippen LogP contribution in [0.1, 0.15) is 25.7 Å². The van der Waals surface area contributed by atoms with Crippen molar-refractivity contribution < 1.29 is 5.11 Å². The van der Waals surface area contributed by atoms with E-state index in [1.54, 1.807) is 18.0 Å². The van der Waals surface area contributed by atoms with E-state index in [2.05, 4.69) is 24.1 Å². The normalized spacial score (nSPS) is 17.1.